The van der Waals surface area contributed by atoms with Gasteiger partial charge in [0.15, 0.2) is 0 Å². The fourth-order valence-corrected chi connectivity index (χ4v) is 3.06. The molecule has 140 valence electrons. The largest absolute Gasteiger partial charge is 0.494 e. The van der Waals surface area contributed by atoms with E-state index in [1.54, 1.807) is 42.6 Å². The Bertz CT molecular complexity index is 808. The molecule has 1 N–H and O–H groups in total. The van der Waals surface area contributed by atoms with Crippen LogP contribution in [0.25, 0.3) is 0 Å². The number of nitrogens with zero attached hydrogens (tertiary/aromatic N) is 2. The second kappa shape index (κ2) is 9.19. The highest BCUT2D eigenvalue weighted by Gasteiger charge is 2.20. The van der Waals surface area contributed by atoms with Crippen LogP contribution in [0.5, 0.6) is 5.75 Å². The van der Waals surface area contributed by atoms with Crippen molar-refractivity contribution in [2.75, 3.05) is 23.7 Å². The Morgan fingerprint density at radius 1 is 1.19 bits per heavy atom. The van der Waals surface area contributed by atoms with Gasteiger partial charge >= 0.3 is 0 Å². The zero-order valence-corrected chi connectivity index (χ0v) is 15.7. The van der Waals surface area contributed by atoms with Gasteiger partial charge in [-0.1, -0.05) is 13.0 Å². The summed E-state index contributed by atoms with van der Waals surface area (Å²) in [4.78, 5) is 16.3. The summed E-state index contributed by atoms with van der Waals surface area (Å²) in [5.41, 5.74) is 1.11. The van der Waals surface area contributed by atoms with E-state index in [-0.39, 0.29) is 13.1 Å². The van der Waals surface area contributed by atoms with E-state index in [1.807, 2.05) is 13.0 Å². The molecule has 8 heteroatoms. The number of ether oxygens (including phenoxy) is 1. The molecule has 1 aromatic heterocycles. The van der Waals surface area contributed by atoms with Gasteiger partial charge in [0.05, 0.1) is 30.8 Å². The molecule has 0 spiro atoms. The lowest BCUT2D eigenvalue weighted by atomic mass is 10.3. The minimum atomic E-state index is -3.61. The second-order valence-corrected chi connectivity index (χ2v) is 7.62. The van der Waals surface area contributed by atoms with Gasteiger partial charge in [0.1, 0.15) is 12.3 Å². The van der Waals surface area contributed by atoms with Crippen molar-refractivity contribution in [3.05, 3.63) is 54.4 Å². The molecule has 0 aliphatic carbocycles. The zero-order chi connectivity index (χ0) is 19.0. The SMILES string of the molecule is CCCOc1ccc(N(CC(=O)NCc2ccccn2)S(C)(=O)=O)cc1. The van der Waals surface area contributed by atoms with Crippen molar-refractivity contribution >= 4 is 21.6 Å². The Morgan fingerprint density at radius 2 is 1.92 bits per heavy atom. The van der Waals surface area contributed by atoms with E-state index in [0.717, 1.165) is 17.0 Å². The standard InChI is InChI=1S/C18H23N3O4S/c1-3-12-25-17-9-7-16(8-10-17)21(26(2,23)24)14-18(22)20-13-15-6-4-5-11-19-15/h4-11H,3,12-14H2,1-2H3,(H,20,22). The van der Waals surface area contributed by atoms with Crippen LogP contribution in [0.15, 0.2) is 48.7 Å². The first-order chi connectivity index (χ1) is 12.4. The average molecular weight is 377 g/mol. The summed E-state index contributed by atoms with van der Waals surface area (Å²) >= 11 is 0. The summed E-state index contributed by atoms with van der Waals surface area (Å²) in [5, 5.41) is 2.68. The maximum atomic E-state index is 12.2. The number of anilines is 1. The highest BCUT2D eigenvalue weighted by molar-refractivity contribution is 7.92. The molecule has 7 nitrogen and oxygen atoms in total. The Balaban J connectivity index is 2.04. The van der Waals surface area contributed by atoms with Crippen LogP contribution < -0.4 is 14.4 Å². The third-order valence-electron chi connectivity index (χ3n) is 3.48. The van der Waals surface area contributed by atoms with Gasteiger partial charge in [-0.3, -0.25) is 14.1 Å². The van der Waals surface area contributed by atoms with Crippen LogP contribution in [0.3, 0.4) is 0 Å². The van der Waals surface area contributed by atoms with E-state index < -0.39 is 15.9 Å². The fourth-order valence-electron chi connectivity index (χ4n) is 2.21. The Hall–Kier alpha value is -2.61. The number of carbonyl (C=O) groups is 1. The second-order valence-electron chi connectivity index (χ2n) is 5.71. The highest BCUT2D eigenvalue weighted by Crippen LogP contribution is 2.21. The average Bonchev–Trinajstić information content (AvgIpc) is 2.63. The molecule has 2 aromatic rings. The van der Waals surface area contributed by atoms with Crippen molar-refractivity contribution in [1.29, 1.82) is 0 Å². The fraction of sp³-hybridized carbons (Fsp3) is 0.333. The predicted octanol–water partition coefficient (Wildman–Crippen LogP) is 1.95. The number of sulfonamides is 1. The van der Waals surface area contributed by atoms with Crippen molar-refractivity contribution in [1.82, 2.24) is 10.3 Å². The molecule has 0 saturated carbocycles. The lowest BCUT2D eigenvalue weighted by Crippen LogP contribution is -2.40. The number of rotatable bonds is 9. The van der Waals surface area contributed by atoms with E-state index in [1.165, 1.54) is 0 Å². The maximum Gasteiger partial charge on any atom is 0.241 e. The molecular weight excluding hydrogens is 354 g/mol. The van der Waals surface area contributed by atoms with Crippen LogP contribution in [0.4, 0.5) is 5.69 Å². The summed E-state index contributed by atoms with van der Waals surface area (Å²) < 4.78 is 30.8. The van der Waals surface area contributed by atoms with Crippen molar-refractivity contribution < 1.29 is 17.9 Å². The molecular formula is C18H23N3O4S. The van der Waals surface area contributed by atoms with Crippen LogP contribution in [0.1, 0.15) is 19.0 Å². The highest BCUT2D eigenvalue weighted by atomic mass is 32.2. The number of pyridine rings is 1. The number of hydrogen-bond acceptors (Lipinski definition) is 5. The van der Waals surface area contributed by atoms with Gasteiger partial charge in [-0.05, 0) is 42.8 Å². The van der Waals surface area contributed by atoms with Gasteiger partial charge in [0.25, 0.3) is 0 Å². The lowest BCUT2D eigenvalue weighted by molar-refractivity contribution is -0.119. The zero-order valence-electron chi connectivity index (χ0n) is 14.9. The normalized spacial score (nSPS) is 11.0. The Kier molecular flexibility index (Phi) is 6.97. The molecule has 0 radical (unpaired) electrons. The predicted molar refractivity (Wildman–Crippen MR) is 101 cm³/mol. The molecule has 1 aromatic carbocycles. The van der Waals surface area contributed by atoms with Crippen LogP contribution >= 0.6 is 0 Å². The van der Waals surface area contributed by atoms with Crippen LogP contribution in [-0.2, 0) is 21.4 Å². The van der Waals surface area contributed by atoms with E-state index >= 15 is 0 Å². The molecule has 2 rings (SSSR count). The van der Waals surface area contributed by atoms with Gasteiger partial charge in [-0.15, -0.1) is 0 Å². The van der Waals surface area contributed by atoms with Gasteiger partial charge in [0, 0.05) is 6.20 Å². The first kappa shape index (κ1) is 19.7. The van der Waals surface area contributed by atoms with Gasteiger partial charge in [-0.25, -0.2) is 8.42 Å². The van der Waals surface area contributed by atoms with Gasteiger partial charge in [0.2, 0.25) is 15.9 Å². The van der Waals surface area contributed by atoms with Crippen molar-refractivity contribution in [2.24, 2.45) is 0 Å². The molecule has 1 amide bonds. The van der Waals surface area contributed by atoms with Crippen LogP contribution in [-0.4, -0.2) is 38.7 Å². The molecule has 26 heavy (non-hydrogen) atoms. The molecule has 0 unspecified atom stereocenters. The van der Waals surface area contributed by atoms with Crippen LogP contribution in [0.2, 0.25) is 0 Å². The van der Waals surface area contributed by atoms with Crippen molar-refractivity contribution in [2.45, 2.75) is 19.9 Å². The van der Waals surface area contributed by atoms with E-state index in [4.69, 9.17) is 4.74 Å². The number of aromatic nitrogens is 1. The van der Waals surface area contributed by atoms with Crippen molar-refractivity contribution in [3.63, 3.8) is 0 Å². The minimum Gasteiger partial charge on any atom is -0.494 e. The Labute approximate surface area is 154 Å². The molecule has 0 aliphatic rings. The third kappa shape index (κ3) is 6.03. The third-order valence-corrected chi connectivity index (χ3v) is 4.62. The molecule has 0 bridgehead atoms. The van der Waals surface area contributed by atoms with Gasteiger partial charge < -0.3 is 10.1 Å². The topological polar surface area (TPSA) is 88.6 Å². The summed E-state index contributed by atoms with van der Waals surface area (Å²) in [6, 6.07) is 12.0. The quantitative estimate of drug-likeness (QED) is 0.722. The first-order valence-electron chi connectivity index (χ1n) is 8.27. The molecule has 0 fully saturated rings. The lowest BCUT2D eigenvalue weighted by Gasteiger charge is -2.22. The number of nitrogens with one attached hydrogen (secondary N) is 1. The number of amides is 1. The van der Waals surface area contributed by atoms with E-state index in [9.17, 15) is 13.2 Å². The maximum absolute atomic E-state index is 12.2. The molecule has 0 saturated heterocycles. The summed E-state index contributed by atoms with van der Waals surface area (Å²) in [6.45, 7) is 2.52. The number of carbonyl (C=O) groups excluding carboxylic acids is 1. The molecule has 0 aliphatic heterocycles. The first-order valence-corrected chi connectivity index (χ1v) is 10.1. The smallest absolute Gasteiger partial charge is 0.241 e. The monoisotopic (exact) mass is 377 g/mol. The van der Waals surface area contributed by atoms with E-state index in [0.29, 0.717) is 23.7 Å². The van der Waals surface area contributed by atoms with Gasteiger partial charge in [-0.2, -0.15) is 0 Å². The minimum absolute atomic E-state index is 0.237. The summed E-state index contributed by atoms with van der Waals surface area (Å²) in [5.74, 6) is 0.246. The van der Waals surface area contributed by atoms with Crippen LogP contribution in [0, 0.1) is 0 Å². The number of benzene rings is 1. The van der Waals surface area contributed by atoms with Crippen molar-refractivity contribution in [3.8, 4) is 5.75 Å². The number of hydrogen-bond donors (Lipinski definition) is 1. The Morgan fingerprint density at radius 3 is 2.50 bits per heavy atom. The summed E-state index contributed by atoms with van der Waals surface area (Å²) in [7, 11) is -3.61. The summed E-state index contributed by atoms with van der Waals surface area (Å²) in [6.07, 6.45) is 3.58. The van der Waals surface area contributed by atoms with E-state index in [2.05, 4.69) is 10.3 Å². The molecule has 0 atom stereocenters. The molecule has 1 heterocycles.